The van der Waals surface area contributed by atoms with E-state index in [2.05, 4.69) is 9.71 Å². The van der Waals surface area contributed by atoms with Crippen molar-refractivity contribution in [1.82, 2.24) is 9.71 Å². The number of hydrogen-bond donors (Lipinski definition) is 2. The monoisotopic (exact) mass is 325 g/mol. The van der Waals surface area contributed by atoms with E-state index in [4.69, 9.17) is 5.73 Å². The van der Waals surface area contributed by atoms with Gasteiger partial charge in [-0.25, -0.2) is 18.1 Å². The topological polar surface area (TPSA) is 85.1 Å². The maximum atomic E-state index is 12.5. The molecule has 2 rings (SSSR count). The lowest BCUT2D eigenvalue weighted by atomic mass is 10.2. The number of nitrogens with one attached hydrogen (secondary N) is 1. The lowest BCUT2D eigenvalue weighted by Crippen LogP contribution is -2.28. The molecule has 1 unspecified atom stereocenters. The molecule has 0 saturated carbocycles. The van der Waals surface area contributed by atoms with Crippen molar-refractivity contribution >= 4 is 21.4 Å². The zero-order valence-electron chi connectivity index (χ0n) is 12.0. The molecule has 0 bridgehead atoms. The van der Waals surface area contributed by atoms with Crippen molar-refractivity contribution in [3.05, 3.63) is 45.9 Å². The van der Waals surface area contributed by atoms with E-state index in [1.54, 1.807) is 37.4 Å². The zero-order valence-corrected chi connectivity index (χ0v) is 13.7. The molecule has 1 aromatic carbocycles. The molecule has 1 aromatic heterocycles. The van der Waals surface area contributed by atoms with E-state index in [-0.39, 0.29) is 17.5 Å². The highest BCUT2D eigenvalue weighted by Gasteiger charge is 2.22. The Balaban J connectivity index is 2.24. The molecule has 7 heteroatoms. The van der Waals surface area contributed by atoms with Crippen LogP contribution in [-0.2, 0) is 23.0 Å². The van der Waals surface area contributed by atoms with E-state index >= 15 is 0 Å². The first-order chi connectivity index (χ1) is 9.97. The molecule has 0 aliphatic heterocycles. The third kappa shape index (κ3) is 3.68. The Morgan fingerprint density at radius 1 is 1.38 bits per heavy atom. The Morgan fingerprint density at radius 3 is 2.71 bits per heavy atom. The highest BCUT2D eigenvalue weighted by atomic mass is 32.2. The molecule has 0 spiro atoms. The van der Waals surface area contributed by atoms with Gasteiger partial charge in [-0.15, -0.1) is 11.3 Å². The van der Waals surface area contributed by atoms with Gasteiger partial charge in [-0.3, -0.25) is 0 Å². The molecule has 5 nitrogen and oxygen atoms in total. The van der Waals surface area contributed by atoms with Gasteiger partial charge in [-0.1, -0.05) is 25.1 Å². The minimum absolute atomic E-state index is 0.183. The summed E-state index contributed by atoms with van der Waals surface area (Å²) in [5, 5.41) is 0.764. The van der Waals surface area contributed by atoms with Crippen LogP contribution in [0, 0.1) is 0 Å². The number of aromatic nitrogens is 1. The van der Waals surface area contributed by atoms with Crippen molar-refractivity contribution in [3.63, 3.8) is 0 Å². The van der Waals surface area contributed by atoms with E-state index < -0.39 is 10.0 Å². The highest BCUT2D eigenvalue weighted by Crippen LogP contribution is 2.23. The molecule has 2 aromatic rings. The predicted octanol–water partition coefficient (Wildman–Crippen LogP) is 2.20. The number of thiazole rings is 1. The summed E-state index contributed by atoms with van der Waals surface area (Å²) in [5.74, 6) is 0. The smallest absolute Gasteiger partial charge is 0.241 e. The van der Waals surface area contributed by atoms with Gasteiger partial charge in [0.1, 0.15) is 5.01 Å². The summed E-state index contributed by atoms with van der Waals surface area (Å²) in [6.45, 7) is 4.02. The van der Waals surface area contributed by atoms with Crippen molar-refractivity contribution in [2.75, 3.05) is 0 Å². The van der Waals surface area contributed by atoms with E-state index in [1.165, 1.54) is 11.3 Å². The largest absolute Gasteiger partial charge is 0.326 e. The van der Waals surface area contributed by atoms with Crippen LogP contribution in [0.25, 0.3) is 0 Å². The first-order valence-electron chi connectivity index (χ1n) is 6.72. The number of benzene rings is 1. The summed E-state index contributed by atoms with van der Waals surface area (Å²) in [6.07, 6.45) is 2.69. The van der Waals surface area contributed by atoms with Gasteiger partial charge in [0, 0.05) is 17.6 Å². The van der Waals surface area contributed by atoms with Gasteiger partial charge in [0.05, 0.1) is 10.9 Å². The third-order valence-corrected chi connectivity index (χ3v) is 6.07. The Morgan fingerprint density at radius 2 is 2.10 bits per heavy atom. The summed E-state index contributed by atoms with van der Waals surface area (Å²) in [4.78, 5) is 5.64. The number of nitrogens with zero attached hydrogens (tertiary/aromatic N) is 1. The Kier molecular flexibility index (Phi) is 5.10. The Bertz CT molecular complexity index is 711. The molecule has 0 fully saturated rings. The number of aryl methyl sites for hydroxylation is 1. The first-order valence-corrected chi connectivity index (χ1v) is 9.02. The van der Waals surface area contributed by atoms with Gasteiger partial charge in [0.2, 0.25) is 10.0 Å². The SMILES string of the molecule is CCc1cnc(C(C)NS(=O)(=O)c2ccccc2CN)s1. The van der Waals surface area contributed by atoms with E-state index in [1.807, 2.05) is 6.92 Å². The highest BCUT2D eigenvalue weighted by molar-refractivity contribution is 7.89. The lowest BCUT2D eigenvalue weighted by molar-refractivity contribution is 0.565. The molecule has 0 aliphatic carbocycles. The van der Waals surface area contributed by atoms with Gasteiger partial charge >= 0.3 is 0 Å². The van der Waals surface area contributed by atoms with Crippen LogP contribution >= 0.6 is 11.3 Å². The van der Waals surface area contributed by atoms with Crippen LogP contribution in [0.2, 0.25) is 0 Å². The van der Waals surface area contributed by atoms with Crippen LogP contribution in [0.4, 0.5) is 0 Å². The number of nitrogens with two attached hydrogens (primary N) is 1. The maximum Gasteiger partial charge on any atom is 0.241 e. The average molecular weight is 325 g/mol. The fraction of sp³-hybridized carbons (Fsp3) is 0.357. The van der Waals surface area contributed by atoms with Crippen LogP contribution < -0.4 is 10.5 Å². The molecule has 1 atom stereocenters. The molecule has 1 heterocycles. The molecule has 21 heavy (non-hydrogen) atoms. The molecule has 3 N–H and O–H groups in total. The summed E-state index contributed by atoms with van der Waals surface area (Å²) in [7, 11) is -3.61. The fourth-order valence-corrected chi connectivity index (χ4v) is 4.36. The number of rotatable bonds is 6. The van der Waals surface area contributed by atoms with Gasteiger partial charge < -0.3 is 5.73 Å². The molecule has 0 radical (unpaired) electrons. The van der Waals surface area contributed by atoms with Crippen molar-refractivity contribution < 1.29 is 8.42 Å². The predicted molar refractivity (Wildman–Crippen MR) is 84.6 cm³/mol. The van der Waals surface area contributed by atoms with Crippen LogP contribution in [0.5, 0.6) is 0 Å². The second-order valence-corrected chi connectivity index (χ2v) is 7.50. The standard InChI is InChI=1S/C14H19N3O2S2/c1-3-12-9-16-14(20-12)10(2)17-21(18,19)13-7-5-4-6-11(13)8-15/h4-7,9-10,17H,3,8,15H2,1-2H3. The summed E-state index contributed by atoms with van der Waals surface area (Å²) >= 11 is 1.52. The average Bonchev–Trinajstić information content (AvgIpc) is 2.96. The zero-order chi connectivity index (χ0) is 15.5. The van der Waals surface area contributed by atoms with Crippen molar-refractivity contribution in [3.8, 4) is 0 Å². The lowest BCUT2D eigenvalue weighted by Gasteiger charge is -2.14. The van der Waals surface area contributed by atoms with Gasteiger partial charge in [0.25, 0.3) is 0 Å². The molecule has 0 aliphatic rings. The normalized spacial score (nSPS) is 13.3. The van der Waals surface area contributed by atoms with E-state index in [0.29, 0.717) is 5.56 Å². The summed E-state index contributed by atoms with van der Waals surface area (Å²) < 4.78 is 27.6. The van der Waals surface area contributed by atoms with Crippen molar-refractivity contribution in [1.29, 1.82) is 0 Å². The Labute approximate surface area is 129 Å². The molecule has 0 saturated heterocycles. The second kappa shape index (κ2) is 6.65. The van der Waals surface area contributed by atoms with Crippen molar-refractivity contribution in [2.45, 2.75) is 37.8 Å². The van der Waals surface area contributed by atoms with Crippen LogP contribution in [0.3, 0.4) is 0 Å². The summed E-state index contributed by atoms with van der Waals surface area (Å²) in [5.41, 5.74) is 6.21. The quantitative estimate of drug-likeness (QED) is 0.852. The molecular weight excluding hydrogens is 306 g/mol. The van der Waals surface area contributed by atoms with Gasteiger partial charge in [-0.2, -0.15) is 0 Å². The van der Waals surface area contributed by atoms with Crippen LogP contribution in [0.15, 0.2) is 35.4 Å². The minimum Gasteiger partial charge on any atom is -0.326 e. The van der Waals surface area contributed by atoms with Crippen molar-refractivity contribution in [2.24, 2.45) is 5.73 Å². The number of hydrogen-bond acceptors (Lipinski definition) is 5. The molecular formula is C14H19N3O2S2. The van der Waals surface area contributed by atoms with Crippen LogP contribution in [0.1, 0.15) is 35.3 Å². The molecule has 114 valence electrons. The van der Waals surface area contributed by atoms with Gasteiger partial charge in [0.15, 0.2) is 0 Å². The second-order valence-electron chi connectivity index (χ2n) is 4.67. The van der Waals surface area contributed by atoms with Crippen LogP contribution in [-0.4, -0.2) is 13.4 Å². The van der Waals surface area contributed by atoms with E-state index in [9.17, 15) is 8.42 Å². The molecule has 0 amide bonds. The summed E-state index contributed by atoms with van der Waals surface area (Å²) in [6, 6.07) is 6.38. The maximum absolute atomic E-state index is 12.5. The van der Waals surface area contributed by atoms with E-state index in [0.717, 1.165) is 16.3 Å². The number of sulfonamides is 1. The Hall–Kier alpha value is -1.28. The minimum atomic E-state index is -3.61. The van der Waals surface area contributed by atoms with Gasteiger partial charge in [-0.05, 0) is 25.0 Å². The fourth-order valence-electron chi connectivity index (χ4n) is 1.97. The third-order valence-electron chi connectivity index (χ3n) is 3.10. The first kappa shape index (κ1) is 16.1.